The monoisotopic (exact) mass is 371 g/mol. The molecule has 132 valence electrons. The van der Waals surface area contributed by atoms with Crippen LogP contribution in [0.15, 0.2) is 29.2 Å². The van der Waals surface area contributed by atoms with E-state index in [0.717, 1.165) is 19.4 Å². The van der Waals surface area contributed by atoms with Gasteiger partial charge in [-0.05, 0) is 36.8 Å². The third-order valence-corrected chi connectivity index (χ3v) is 6.98. The first kappa shape index (κ1) is 17.7. The molecule has 1 saturated heterocycles. The van der Waals surface area contributed by atoms with Crippen LogP contribution in [0.5, 0.6) is 0 Å². The molecule has 0 bridgehead atoms. The predicted molar refractivity (Wildman–Crippen MR) is 92.0 cm³/mol. The minimum absolute atomic E-state index is 0.0285. The van der Waals surface area contributed by atoms with E-state index in [0.29, 0.717) is 18.4 Å². The normalized spacial score (nSPS) is 26.6. The Bertz CT molecular complexity index is 725. The van der Waals surface area contributed by atoms with E-state index in [1.807, 2.05) is 4.90 Å². The van der Waals surface area contributed by atoms with Crippen molar-refractivity contribution in [1.29, 1.82) is 0 Å². The summed E-state index contributed by atoms with van der Waals surface area (Å²) in [6.45, 7) is 1.50. The summed E-state index contributed by atoms with van der Waals surface area (Å²) < 4.78 is 26.9. The Kier molecular flexibility index (Phi) is 5.15. The molecule has 8 heteroatoms. The Balaban J connectivity index is 1.52. The highest BCUT2D eigenvalue weighted by atomic mass is 35.5. The van der Waals surface area contributed by atoms with E-state index in [2.05, 4.69) is 4.72 Å². The summed E-state index contributed by atoms with van der Waals surface area (Å²) in [5, 5.41) is 0.165. The third-order valence-electron chi connectivity index (χ3n) is 5.02. The molecule has 2 fully saturated rings. The molecule has 1 saturated carbocycles. The number of amides is 1. The second-order valence-corrected chi connectivity index (χ2v) is 8.68. The predicted octanol–water partition coefficient (Wildman–Crippen LogP) is 1.20. The van der Waals surface area contributed by atoms with Gasteiger partial charge in [-0.2, -0.15) is 0 Å². The Morgan fingerprint density at radius 2 is 2.04 bits per heavy atom. The number of benzene rings is 1. The number of rotatable bonds is 5. The lowest BCUT2D eigenvalue weighted by Crippen LogP contribution is -2.35. The summed E-state index contributed by atoms with van der Waals surface area (Å²) in [5.74, 6) is 0.871. The maximum atomic E-state index is 12.3. The number of carbonyl (C=O) groups is 1. The van der Waals surface area contributed by atoms with Gasteiger partial charge in [-0.1, -0.05) is 23.7 Å². The Labute approximate surface area is 147 Å². The van der Waals surface area contributed by atoms with Gasteiger partial charge in [-0.25, -0.2) is 13.1 Å². The number of hydrogen-bond acceptors (Lipinski definition) is 4. The SMILES string of the molecule is NC1CCC2CN(C(=O)CCNS(=O)(=O)c3ccccc3Cl)CC12. The Hall–Kier alpha value is -1.15. The van der Waals surface area contributed by atoms with Gasteiger partial charge in [0.05, 0.1) is 5.02 Å². The molecule has 3 N–H and O–H groups in total. The van der Waals surface area contributed by atoms with Gasteiger partial charge < -0.3 is 10.6 Å². The van der Waals surface area contributed by atoms with Crippen LogP contribution in [0.2, 0.25) is 5.02 Å². The van der Waals surface area contributed by atoms with Crippen LogP contribution in [0.3, 0.4) is 0 Å². The molecular weight excluding hydrogens is 350 g/mol. The second-order valence-electron chi connectivity index (χ2n) is 6.54. The van der Waals surface area contributed by atoms with Crippen molar-refractivity contribution in [3.63, 3.8) is 0 Å². The number of hydrogen-bond donors (Lipinski definition) is 2. The average molecular weight is 372 g/mol. The van der Waals surface area contributed by atoms with E-state index in [1.54, 1.807) is 12.1 Å². The lowest BCUT2D eigenvalue weighted by Gasteiger charge is -2.19. The minimum atomic E-state index is -3.71. The molecule has 0 spiro atoms. The topological polar surface area (TPSA) is 92.5 Å². The lowest BCUT2D eigenvalue weighted by atomic mass is 9.98. The summed E-state index contributed by atoms with van der Waals surface area (Å²) in [5.41, 5.74) is 6.08. The zero-order valence-electron chi connectivity index (χ0n) is 13.3. The highest BCUT2D eigenvalue weighted by molar-refractivity contribution is 7.89. The van der Waals surface area contributed by atoms with Gasteiger partial charge >= 0.3 is 0 Å². The molecule has 0 aromatic heterocycles. The summed E-state index contributed by atoms with van der Waals surface area (Å²) in [4.78, 5) is 14.1. The van der Waals surface area contributed by atoms with Crippen LogP contribution < -0.4 is 10.5 Å². The number of sulfonamides is 1. The van der Waals surface area contributed by atoms with Crippen LogP contribution in [0.1, 0.15) is 19.3 Å². The second kappa shape index (κ2) is 7.00. The van der Waals surface area contributed by atoms with Crippen LogP contribution >= 0.6 is 11.6 Å². The summed E-state index contributed by atoms with van der Waals surface area (Å²) in [6.07, 6.45) is 2.25. The van der Waals surface area contributed by atoms with Gasteiger partial charge in [0.2, 0.25) is 15.9 Å². The van der Waals surface area contributed by atoms with Crippen molar-refractivity contribution >= 4 is 27.5 Å². The Morgan fingerprint density at radius 3 is 2.75 bits per heavy atom. The van der Waals surface area contributed by atoms with Gasteiger partial charge in [0, 0.05) is 32.1 Å². The first-order chi connectivity index (χ1) is 11.4. The molecule has 1 aliphatic heterocycles. The molecule has 0 radical (unpaired) electrons. The number of likely N-dealkylation sites (tertiary alicyclic amines) is 1. The van der Waals surface area contributed by atoms with E-state index in [9.17, 15) is 13.2 Å². The highest BCUT2D eigenvalue weighted by Gasteiger charge is 2.42. The fraction of sp³-hybridized carbons (Fsp3) is 0.562. The molecule has 1 amide bonds. The molecule has 2 aliphatic rings. The molecule has 24 heavy (non-hydrogen) atoms. The van der Waals surface area contributed by atoms with Crippen molar-refractivity contribution in [2.24, 2.45) is 17.6 Å². The first-order valence-electron chi connectivity index (χ1n) is 8.16. The van der Waals surface area contributed by atoms with E-state index >= 15 is 0 Å². The molecular formula is C16H22ClN3O3S. The van der Waals surface area contributed by atoms with Crippen molar-refractivity contribution in [3.05, 3.63) is 29.3 Å². The smallest absolute Gasteiger partial charge is 0.242 e. The van der Waals surface area contributed by atoms with Crippen molar-refractivity contribution in [2.75, 3.05) is 19.6 Å². The van der Waals surface area contributed by atoms with Gasteiger partial charge in [-0.15, -0.1) is 0 Å². The lowest BCUT2D eigenvalue weighted by molar-refractivity contribution is -0.130. The van der Waals surface area contributed by atoms with E-state index < -0.39 is 10.0 Å². The molecule has 1 aliphatic carbocycles. The van der Waals surface area contributed by atoms with Gasteiger partial charge in [0.1, 0.15) is 4.90 Å². The van der Waals surface area contributed by atoms with E-state index in [4.69, 9.17) is 17.3 Å². The molecule has 1 heterocycles. The molecule has 3 rings (SSSR count). The zero-order valence-corrected chi connectivity index (χ0v) is 14.9. The van der Waals surface area contributed by atoms with Gasteiger partial charge in [0.25, 0.3) is 0 Å². The number of halogens is 1. The maximum Gasteiger partial charge on any atom is 0.242 e. The highest BCUT2D eigenvalue weighted by Crippen LogP contribution is 2.37. The quantitative estimate of drug-likeness (QED) is 0.813. The molecule has 3 unspecified atom stereocenters. The zero-order chi connectivity index (χ0) is 17.3. The summed E-state index contributed by atoms with van der Waals surface area (Å²) in [7, 11) is -3.71. The summed E-state index contributed by atoms with van der Waals surface area (Å²) >= 11 is 5.92. The third kappa shape index (κ3) is 3.59. The number of carbonyl (C=O) groups excluding carboxylic acids is 1. The maximum absolute atomic E-state index is 12.3. The van der Waals surface area contributed by atoms with Crippen LogP contribution in [0.25, 0.3) is 0 Å². The molecule has 3 atom stereocenters. The number of fused-ring (bicyclic) bond motifs is 1. The van der Waals surface area contributed by atoms with Crippen molar-refractivity contribution in [2.45, 2.75) is 30.2 Å². The minimum Gasteiger partial charge on any atom is -0.342 e. The largest absolute Gasteiger partial charge is 0.342 e. The van der Waals surface area contributed by atoms with Gasteiger partial charge in [0.15, 0.2) is 0 Å². The molecule has 1 aromatic rings. The van der Waals surface area contributed by atoms with E-state index in [-0.39, 0.29) is 34.8 Å². The van der Waals surface area contributed by atoms with Crippen LogP contribution in [0.4, 0.5) is 0 Å². The summed E-state index contributed by atoms with van der Waals surface area (Å²) in [6, 6.07) is 6.42. The van der Waals surface area contributed by atoms with Crippen LogP contribution in [0, 0.1) is 11.8 Å². The fourth-order valence-corrected chi connectivity index (χ4v) is 5.25. The van der Waals surface area contributed by atoms with Crippen molar-refractivity contribution in [3.8, 4) is 0 Å². The standard InChI is InChI=1S/C16H22ClN3O3S/c17-13-3-1-2-4-15(13)24(22,23)19-8-7-16(21)20-9-11-5-6-14(18)12(11)10-20/h1-4,11-12,14,19H,5-10,18H2. The van der Waals surface area contributed by atoms with Crippen molar-refractivity contribution < 1.29 is 13.2 Å². The van der Waals surface area contributed by atoms with Crippen molar-refractivity contribution in [1.82, 2.24) is 9.62 Å². The first-order valence-corrected chi connectivity index (χ1v) is 10.0. The number of nitrogens with zero attached hydrogens (tertiary/aromatic N) is 1. The van der Waals surface area contributed by atoms with Gasteiger partial charge in [-0.3, -0.25) is 4.79 Å². The molecule has 1 aromatic carbocycles. The fourth-order valence-electron chi connectivity index (χ4n) is 3.70. The van der Waals surface area contributed by atoms with Crippen LogP contribution in [-0.2, 0) is 14.8 Å². The Morgan fingerprint density at radius 1 is 1.29 bits per heavy atom. The average Bonchev–Trinajstić information content (AvgIpc) is 3.10. The number of nitrogens with two attached hydrogens (primary N) is 1. The number of nitrogens with one attached hydrogen (secondary N) is 1. The van der Waals surface area contributed by atoms with E-state index in [1.165, 1.54) is 12.1 Å². The molecule has 6 nitrogen and oxygen atoms in total. The van der Waals surface area contributed by atoms with Crippen LogP contribution in [-0.4, -0.2) is 44.9 Å².